The normalized spacial score (nSPS) is 12.8. The van der Waals surface area contributed by atoms with E-state index < -0.39 is 12.0 Å². The summed E-state index contributed by atoms with van der Waals surface area (Å²) >= 11 is 0. The molecule has 0 heterocycles. The number of carbonyl (C=O) groups is 3. The van der Waals surface area contributed by atoms with E-state index in [0.29, 0.717) is 17.9 Å². The quantitative estimate of drug-likeness (QED) is 0.611. The van der Waals surface area contributed by atoms with Crippen LogP contribution in [-0.4, -0.2) is 38.0 Å². The van der Waals surface area contributed by atoms with Gasteiger partial charge in [-0.05, 0) is 42.5 Å². The first-order valence-electron chi connectivity index (χ1n) is 9.06. The van der Waals surface area contributed by atoms with Crippen LogP contribution < -0.4 is 15.4 Å². The van der Waals surface area contributed by atoms with E-state index in [9.17, 15) is 14.4 Å². The summed E-state index contributed by atoms with van der Waals surface area (Å²) in [6.45, 7) is 5.76. The van der Waals surface area contributed by atoms with Gasteiger partial charge in [-0.25, -0.2) is 4.79 Å². The molecule has 150 valence electrons. The third-order valence-corrected chi connectivity index (χ3v) is 3.97. The van der Waals surface area contributed by atoms with Gasteiger partial charge < -0.3 is 20.1 Å². The second kappa shape index (κ2) is 11.2. The number of rotatable bonds is 10. The van der Waals surface area contributed by atoms with Crippen molar-refractivity contribution >= 4 is 23.5 Å². The number of methoxy groups -OCH3 is 2. The van der Waals surface area contributed by atoms with Crippen molar-refractivity contribution in [2.24, 2.45) is 11.8 Å². The molecule has 27 heavy (non-hydrogen) atoms. The fourth-order valence-corrected chi connectivity index (χ4v) is 2.67. The van der Waals surface area contributed by atoms with Crippen LogP contribution in [0.5, 0.6) is 5.75 Å². The topological polar surface area (TPSA) is 93.7 Å². The number of ether oxygens (including phenoxy) is 2. The van der Waals surface area contributed by atoms with E-state index in [2.05, 4.69) is 10.6 Å². The maximum absolute atomic E-state index is 12.2. The highest BCUT2D eigenvalue weighted by molar-refractivity contribution is 5.91. The van der Waals surface area contributed by atoms with Crippen LogP contribution in [0.2, 0.25) is 0 Å². The van der Waals surface area contributed by atoms with Crippen LogP contribution in [0.1, 0.15) is 40.0 Å². The third-order valence-electron chi connectivity index (χ3n) is 3.97. The van der Waals surface area contributed by atoms with Gasteiger partial charge in [0.15, 0.2) is 0 Å². The van der Waals surface area contributed by atoms with Crippen molar-refractivity contribution in [3.63, 3.8) is 0 Å². The molecule has 0 aromatic heterocycles. The third kappa shape index (κ3) is 8.57. The standard InChI is InChI=1S/C20H30N2O5/c1-13(2)10-17(20(25)27-5)22-19(24)12-14(3)11-18(23)21-15-6-8-16(26-4)9-7-15/h6-9,13-14,17H,10-12H2,1-5H3,(H,21,23)(H,22,24)/t14-,17-/m0/s1. The number of hydrogen-bond donors (Lipinski definition) is 2. The number of hydrogen-bond acceptors (Lipinski definition) is 5. The maximum atomic E-state index is 12.2. The lowest BCUT2D eigenvalue weighted by atomic mass is 10.0. The van der Waals surface area contributed by atoms with Gasteiger partial charge in [0.1, 0.15) is 11.8 Å². The summed E-state index contributed by atoms with van der Waals surface area (Å²) in [6.07, 6.45) is 0.860. The first kappa shape index (κ1) is 22.5. The Balaban J connectivity index is 2.48. The molecule has 0 aliphatic carbocycles. The van der Waals surface area contributed by atoms with Crippen molar-refractivity contribution in [1.82, 2.24) is 5.32 Å². The highest BCUT2D eigenvalue weighted by Crippen LogP contribution is 2.16. The van der Waals surface area contributed by atoms with Crippen LogP contribution in [0.15, 0.2) is 24.3 Å². The summed E-state index contributed by atoms with van der Waals surface area (Å²) < 4.78 is 9.81. The van der Waals surface area contributed by atoms with Crippen molar-refractivity contribution in [2.75, 3.05) is 19.5 Å². The van der Waals surface area contributed by atoms with Crippen LogP contribution in [0.25, 0.3) is 0 Å². The number of benzene rings is 1. The Morgan fingerprint density at radius 2 is 1.56 bits per heavy atom. The van der Waals surface area contributed by atoms with E-state index in [1.165, 1.54) is 7.11 Å². The Labute approximate surface area is 160 Å². The first-order chi connectivity index (χ1) is 12.7. The van der Waals surface area contributed by atoms with Crippen molar-refractivity contribution in [1.29, 1.82) is 0 Å². The average Bonchev–Trinajstić information content (AvgIpc) is 2.60. The van der Waals surface area contributed by atoms with Gasteiger partial charge >= 0.3 is 5.97 Å². The number of anilines is 1. The zero-order valence-corrected chi connectivity index (χ0v) is 16.7. The minimum atomic E-state index is -0.664. The number of carbonyl (C=O) groups excluding carboxylic acids is 3. The van der Waals surface area contributed by atoms with Crippen molar-refractivity contribution in [2.45, 2.75) is 46.1 Å². The molecule has 2 atom stereocenters. The van der Waals surface area contributed by atoms with Gasteiger partial charge in [0.2, 0.25) is 11.8 Å². The molecule has 0 radical (unpaired) electrons. The zero-order valence-electron chi connectivity index (χ0n) is 16.7. The first-order valence-corrected chi connectivity index (χ1v) is 9.06. The second-order valence-corrected chi connectivity index (χ2v) is 7.06. The molecule has 0 saturated carbocycles. The summed E-state index contributed by atoms with van der Waals surface area (Å²) in [4.78, 5) is 36.1. The molecule has 0 fully saturated rings. The van der Waals surface area contributed by atoms with Crippen molar-refractivity contribution in [3.8, 4) is 5.75 Å². The Hall–Kier alpha value is -2.57. The largest absolute Gasteiger partial charge is 0.497 e. The SMILES string of the molecule is COC(=O)[C@H](CC(C)C)NC(=O)C[C@@H](C)CC(=O)Nc1ccc(OC)cc1. The number of nitrogens with one attached hydrogen (secondary N) is 2. The molecule has 0 aliphatic heterocycles. The van der Waals surface area contributed by atoms with Gasteiger partial charge in [-0.15, -0.1) is 0 Å². The van der Waals surface area contributed by atoms with Crippen LogP contribution in [0, 0.1) is 11.8 Å². The number of esters is 1. The molecule has 0 spiro atoms. The fraction of sp³-hybridized carbons (Fsp3) is 0.550. The molecule has 0 bridgehead atoms. The molecule has 2 amide bonds. The highest BCUT2D eigenvalue weighted by Gasteiger charge is 2.23. The average molecular weight is 378 g/mol. The second-order valence-electron chi connectivity index (χ2n) is 7.06. The molecule has 0 unspecified atom stereocenters. The van der Waals surface area contributed by atoms with Gasteiger partial charge in [0, 0.05) is 18.5 Å². The molecule has 0 saturated heterocycles. The summed E-state index contributed by atoms with van der Waals surface area (Å²) in [7, 11) is 2.88. The highest BCUT2D eigenvalue weighted by atomic mass is 16.5. The van der Waals surface area contributed by atoms with Crippen molar-refractivity contribution < 1.29 is 23.9 Å². The molecular weight excluding hydrogens is 348 g/mol. The maximum Gasteiger partial charge on any atom is 0.328 e. The van der Waals surface area contributed by atoms with Gasteiger partial charge in [0.05, 0.1) is 14.2 Å². The van der Waals surface area contributed by atoms with Crippen LogP contribution >= 0.6 is 0 Å². The fourth-order valence-electron chi connectivity index (χ4n) is 2.67. The molecule has 1 aromatic carbocycles. The van der Waals surface area contributed by atoms with E-state index in [-0.39, 0.29) is 36.5 Å². The van der Waals surface area contributed by atoms with Crippen LogP contribution in [0.4, 0.5) is 5.69 Å². The van der Waals surface area contributed by atoms with Gasteiger partial charge in [-0.1, -0.05) is 20.8 Å². The van der Waals surface area contributed by atoms with Gasteiger partial charge in [-0.2, -0.15) is 0 Å². The molecular formula is C20H30N2O5. The van der Waals surface area contributed by atoms with Gasteiger partial charge in [0.25, 0.3) is 0 Å². The lowest BCUT2D eigenvalue weighted by molar-refractivity contribution is -0.145. The summed E-state index contributed by atoms with van der Waals surface area (Å²) in [5.74, 6) is -0.118. The summed E-state index contributed by atoms with van der Waals surface area (Å²) in [6, 6.07) is 6.35. The smallest absolute Gasteiger partial charge is 0.328 e. The Bertz CT molecular complexity index is 628. The zero-order chi connectivity index (χ0) is 20.4. The lowest BCUT2D eigenvalue weighted by Gasteiger charge is -2.19. The monoisotopic (exact) mass is 378 g/mol. The lowest BCUT2D eigenvalue weighted by Crippen LogP contribution is -2.42. The predicted molar refractivity (Wildman–Crippen MR) is 103 cm³/mol. The molecule has 7 heteroatoms. The van der Waals surface area contributed by atoms with Gasteiger partial charge in [-0.3, -0.25) is 9.59 Å². The molecule has 1 rings (SSSR count). The van der Waals surface area contributed by atoms with E-state index >= 15 is 0 Å². The summed E-state index contributed by atoms with van der Waals surface area (Å²) in [5.41, 5.74) is 0.667. The molecule has 7 nitrogen and oxygen atoms in total. The van der Waals surface area contributed by atoms with Crippen molar-refractivity contribution in [3.05, 3.63) is 24.3 Å². The molecule has 2 N–H and O–H groups in total. The molecule has 1 aromatic rings. The van der Waals surface area contributed by atoms with E-state index in [1.54, 1.807) is 31.4 Å². The minimum Gasteiger partial charge on any atom is -0.497 e. The minimum absolute atomic E-state index is 0.154. The predicted octanol–water partition coefficient (Wildman–Crippen LogP) is 2.75. The Kier molecular flexibility index (Phi) is 9.33. The van der Waals surface area contributed by atoms with E-state index in [4.69, 9.17) is 9.47 Å². The van der Waals surface area contributed by atoms with Crippen LogP contribution in [0.3, 0.4) is 0 Å². The molecule has 0 aliphatic rings. The Morgan fingerprint density at radius 3 is 2.07 bits per heavy atom. The van der Waals surface area contributed by atoms with E-state index in [1.807, 2.05) is 20.8 Å². The summed E-state index contributed by atoms with van der Waals surface area (Å²) in [5, 5.41) is 5.50. The number of amides is 2. The van der Waals surface area contributed by atoms with Crippen LogP contribution in [-0.2, 0) is 19.1 Å². The van der Waals surface area contributed by atoms with E-state index in [0.717, 1.165) is 0 Å². The Morgan fingerprint density at radius 1 is 0.963 bits per heavy atom.